The summed E-state index contributed by atoms with van der Waals surface area (Å²) in [6.07, 6.45) is 4.40. The maximum Gasteiger partial charge on any atom is 0.142 e. The van der Waals surface area contributed by atoms with E-state index in [1.165, 1.54) is 12.8 Å². The van der Waals surface area contributed by atoms with Crippen molar-refractivity contribution in [2.45, 2.75) is 18.9 Å². The fourth-order valence-electron chi connectivity index (χ4n) is 1.97. The van der Waals surface area contributed by atoms with Crippen LogP contribution < -0.4 is 10.6 Å². The summed E-state index contributed by atoms with van der Waals surface area (Å²) in [7, 11) is 2.07. The van der Waals surface area contributed by atoms with Crippen LogP contribution in [0.1, 0.15) is 12.8 Å². The Morgan fingerprint density at radius 3 is 2.75 bits per heavy atom. The SMILES string of the molecule is CN(c1ncc(Br)cc1Br)C(CN)C1CC1. The van der Waals surface area contributed by atoms with Crippen LogP contribution in [0.3, 0.4) is 0 Å². The van der Waals surface area contributed by atoms with Gasteiger partial charge in [-0.25, -0.2) is 4.98 Å². The third-order valence-corrected chi connectivity index (χ3v) is 4.04. The highest BCUT2D eigenvalue weighted by atomic mass is 79.9. The Morgan fingerprint density at radius 2 is 2.25 bits per heavy atom. The number of likely N-dealkylation sites (N-methyl/N-ethyl adjacent to an activating group) is 1. The molecule has 5 heteroatoms. The van der Waals surface area contributed by atoms with Crippen molar-refractivity contribution in [1.29, 1.82) is 0 Å². The molecule has 1 heterocycles. The maximum absolute atomic E-state index is 5.84. The molecule has 1 saturated carbocycles. The Labute approximate surface area is 113 Å². The van der Waals surface area contributed by atoms with Gasteiger partial charge in [0.15, 0.2) is 0 Å². The fourth-order valence-corrected chi connectivity index (χ4v) is 3.24. The van der Waals surface area contributed by atoms with Gasteiger partial charge in [-0.2, -0.15) is 0 Å². The molecule has 0 aromatic carbocycles. The zero-order chi connectivity index (χ0) is 11.7. The standard InChI is InChI=1S/C11H15Br2N3/c1-16(10(5-14)7-2-3-7)11-9(13)4-8(12)6-15-11/h4,6-7,10H,2-3,5,14H2,1H3. The molecule has 2 N–H and O–H groups in total. The number of anilines is 1. The number of hydrogen-bond acceptors (Lipinski definition) is 3. The molecule has 1 atom stereocenters. The Balaban J connectivity index is 2.21. The third kappa shape index (κ3) is 2.57. The van der Waals surface area contributed by atoms with Crippen LogP contribution in [0.4, 0.5) is 5.82 Å². The van der Waals surface area contributed by atoms with Crippen molar-refractivity contribution in [2.24, 2.45) is 11.7 Å². The quantitative estimate of drug-likeness (QED) is 0.909. The summed E-state index contributed by atoms with van der Waals surface area (Å²) in [6.45, 7) is 0.686. The summed E-state index contributed by atoms with van der Waals surface area (Å²) in [6, 6.07) is 2.42. The minimum absolute atomic E-state index is 0.407. The lowest BCUT2D eigenvalue weighted by Crippen LogP contribution is -2.40. The normalized spacial score (nSPS) is 17.2. The summed E-state index contributed by atoms with van der Waals surface area (Å²) in [4.78, 5) is 6.62. The summed E-state index contributed by atoms with van der Waals surface area (Å²) in [5, 5.41) is 0. The lowest BCUT2D eigenvalue weighted by Gasteiger charge is -2.28. The van der Waals surface area contributed by atoms with Crippen LogP contribution in [0, 0.1) is 5.92 Å². The lowest BCUT2D eigenvalue weighted by molar-refractivity contribution is 0.565. The molecule has 1 unspecified atom stereocenters. The largest absolute Gasteiger partial charge is 0.354 e. The number of halogens is 2. The van der Waals surface area contributed by atoms with Gasteiger partial charge < -0.3 is 10.6 Å². The van der Waals surface area contributed by atoms with E-state index in [-0.39, 0.29) is 0 Å². The molecule has 16 heavy (non-hydrogen) atoms. The van der Waals surface area contributed by atoms with E-state index in [4.69, 9.17) is 5.73 Å². The molecule has 1 aromatic rings. The lowest BCUT2D eigenvalue weighted by atomic mass is 10.1. The Kier molecular flexibility index (Phi) is 3.87. The van der Waals surface area contributed by atoms with Crippen molar-refractivity contribution in [3.8, 4) is 0 Å². The summed E-state index contributed by atoms with van der Waals surface area (Å²) in [5.41, 5.74) is 5.84. The molecule has 1 fully saturated rings. The Bertz CT molecular complexity index is 379. The molecule has 0 amide bonds. The van der Waals surface area contributed by atoms with Crippen molar-refractivity contribution in [1.82, 2.24) is 4.98 Å². The first kappa shape index (κ1) is 12.3. The number of nitrogens with zero attached hydrogens (tertiary/aromatic N) is 2. The van der Waals surface area contributed by atoms with Gasteiger partial charge in [-0.05, 0) is 56.7 Å². The first-order valence-electron chi connectivity index (χ1n) is 5.37. The first-order valence-corrected chi connectivity index (χ1v) is 6.96. The topological polar surface area (TPSA) is 42.2 Å². The maximum atomic E-state index is 5.84. The minimum atomic E-state index is 0.407. The molecule has 0 spiro atoms. The van der Waals surface area contributed by atoms with Crippen LogP contribution >= 0.6 is 31.9 Å². The van der Waals surface area contributed by atoms with Crippen molar-refractivity contribution in [3.05, 3.63) is 21.2 Å². The molecule has 3 nitrogen and oxygen atoms in total. The highest BCUT2D eigenvalue weighted by Gasteiger charge is 2.33. The van der Waals surface area contributed by atoms with Gasteiger partial charge in [0.05, 0.1) is 4.47 Å². The van der Waals surface area contributed by atoms with E-state index < -0.39 is 0 Å². The second-order valence-corrected chi connectivity index (χ2v) is 5.98. The van der Waals surface area contributed by atoms with Crippen LogP contribution in [0.25, 0.3) is 0 Å². The molecule has 88 valence electrons. The molecule has 1 aliphatic carbocycles. The van der Waals surface area contributed by atoms with Gasteiger partial charge in [0.2, 0.25) is 0 Å². The monoisotopic (exact) mass is 347 g/mol. The third-order valence-electron chi connectivity index (χ3n) is 3.03. The van der Waals surface area contributed by atoms with Crippen molar-refractivity contribution in [2.75, 3.05) is 18.5 Å². The van der Waals surface area contributed by atoms with E-state index in [1.54, 1.807) is 0 Å². The molecule has 0 aliphatic heterocycles. The zero-order valence-corrected chi connectivity index (χ0v) is 12.3. The molecule has 0 radical (unpaired) electrons. The van der Waals surface area contributed by atoms with Crippen molar-refractivity contribution >= 4 is 37.7 Å². The van der Waals surface area contributed by atoms with E-state index >= 15 is 0 Å². The van der Waals surface area contributed by atoms with Crippen LogP contribution in [-0.2, 0) is 0 Å². The zero-order valence-electron chi connectivity index (χ0n) is 9.16. The van der Waals surface area contributed by atoms with E-state index in [0.717, 1.165) is 20.7 Å². The van der Waals surface area contributed by atoms with Crippen LogP contribution in [0.5, 0.6) is 0 Å². The summed E-state index contributed by atoms with van der Waals surface area (Å²) < 4.78 is 1.98. The van der Waals surface area contributed by atoms with Gasteiger partial charge >= 0.3 is 0 Å². The van der Waals surface area contributed by atoms with Crippen molar-refractivity contribution < 1.29 is 0 Å². The highest BCUT2D eigenvalue weighted by molar-refractivity contribution is 9.11. The van der Waals surface area contributed by atoms with Gasteiger partial charge in [-0.1, -0.05) is 0 Å². The second kappa shape index (κ2) is 5.02. The number of rotatable bonds is 4. The van der Waals surface area contributed by atoms with E-state index in [0.29, 0.717) is 12.6 Å². The number of pyridine rings is 1. The molecular weight excluding hydrogens is 334 g/mol. The highest BCUT2D eigenvalue weighted by Crippen LogP contribution is 2.37. The van der Waals surface area contributed by atoms with Gasteiger partial charge in [0.1, 0.15) is 5.82 Å². The summed E-state index contributed by atoms with van der Waals surface area (Å²) >= 11 is 6.94. The predicted molar refractivity (Wildman–Crippen MR) is 73.6 cm³/mol. The van der Waals surface area contributed by atoms with E-state index in [1.807, 2.05) is 12.3 Å². The second-order valence-electron chi connectivity index (χ2n) is 4.21. The van der Waals surface area contributed by atoms with Crippen LogP contribution in [-0.4, -0.2) is 24.6 Å². The van der Waals surface area contributed by atoms with Gasteiger partial charge in [-0.3, -0.25) is 0 Å². The van der Waals surface area contributed by atoms with E-state index in [9.17, 15) is 0 Å². The molecule has 0 bridgehead atoms. The van der Waals surface area contributed by atoms with Gasteiger partial charge in [0.25, 0.3) is 0 Å². The van der Waals surface area contributed by atoms with Gasteiger partial charge in [0, 0.05) is 30.3 Å². The average molecular weight is 349 g/mol. The molecule has 2 rings (SSSR count). The molecule has 1 aliphatic rings. The average Bonchev–Trinajstić information content (AvgIpc) is 3.02. The smallest absolute Gasteiger partial charge is 0.142 e. The van der Waals surface area contributed by atoms with E-state index in [2.05, 4.69) is 48.8 Å². The fraction of sp³-hybridized carbons (Fsp3) is 0.545. The van der Waals surface area contributed by atoms with Gasteiger partial charge in [-0.15, -0.1) is 0 Å². The van der Waals surface area contributed by atoms with Crippen molar-refractivity contribution in [3.63, 3.8) is 0 Å². The molecule has 1 aromatic heterocycles. The Hall–Kier alpha value is -0.130. The minimum Gasteiger partial charge on any atom is -0.354 e. The molecular formula is C11H15Br2N3. The van der Waals surface area contributed by atoms with Crippen LogP contribution in [0.2, 0.25) is 0 Å². The summed E-state index contributed by atoms with van der Waals surface area (Å²) in [5.74, 6) is 1.71. The molecule has 0 saturated heterocycles. The number of aromatic nitrogens is 1. The number of hydrogen-bond donors (Lipinski definition) is 1. The first-order chi connectivity index (χ1) is 7.63. The Morgan fingerprint density at radius 1 is 1.56 bits per heavy atom. The number of nitrogens with two attached hydrogens (primary N) is 1. The van der Waals surface area contributed by atoms with Crippen LogP contribution in [0.15, 0.2) is 21.2 Å². The predicted octanol–water partition coefficient (Wildman–Crippen LogP) is 2.78.